The maximum absolute atomic E-state index is 4.51. The zero-order valence-corrected chi connectivity index (χ0v) is 13.5. The molecule has 1 heterocycles. The van der Waals surface area contributed by atoms with E-state index in [0.717, 1.165) is 36.8 Å². The van der Waals surface area contributed by atoms with E-state index in [9.17, 15) is 0 Å². The molecule has 0 fully saturated rings. The Balaban J connectivity index is 3.07. The second kappa shape index (κ2) is 8.25. The Labute approximate surface area is 121 Å². The Morgan fingerprint density at radius 2 is 2.05 bits per heavy atom. The topological polar surface area (TPSA) is 41.1 Å². The number of nitrogens with one attached hydrogen (secondary N) is 1. The van der Waals surface area contributed by atoms with Crippen LogP contribution in [0.2, 0.25) is 0 Å². The van der Waals surface area contributed by atoms with Crippen molar-refractivity contribution in [3.05, 3.63) is 11.9 Å². The summed E-state index contributed by atoms with van der Waals surface area (Å²) in [4.78, 5) is 11.2. The van der Waals surface area contributed by atoms with E-state index < -0.39 is 0 Å². The lowest BCUT2D eigenvalue weighted by atomic mass is 10.1. The molecule has 0 aliphatic carbocycles. The van der Waals surface area contributed by atoms with Crippen molar-refractivity contribution in [3.63, 3.8) is 0 Å². The van der Waals surface area contributed by atoms with Crippen molar-refractivity contribution in [3.8, 4) is 0 Å². The first-order chi connectivity index (χ1) is 9.19. The fourth-order valence-electron chi connectivity index (χ4n) is 2.22. The minimum Gasteiger partial charge on any atom is -0.370 e. The van der Waals surface area contributed by atoms with E-state index >= 15 is 0 Å². The predicted molar refractivity (Wildman–Crippen MR) is 86.4 cm³/mol. The van der Waals surface area contributed by atoms with Crippen LogP contribution >= 0.6 is 11.8 Å². The number of rotatable bonds is 8. The first kappa shape index (κ1) is 16.1. The quantitative estimate of drug-likeness (QED) is 0.793. The van der Waals surface area contributed by atoms with E-state index in [0.29, 0.717) is 6.04 Å². The molecule has 0 aliphatic heterocycles. The minimum absolute atomic E-state index is 0.518. The zero-order chi connectivity index (χ0) is 14.3. The van der Waals surface area contributed by atoms with Crippen LogP contribution < -0.4 is 10.2 Å². The summed E-state index contributed by atoms with van der Waals surface area (Å²) in [5.41, 5.74) is 1.21. The molecule has 1 N–H and O–H groups in total. The van der Waals surface area contributed by atoms with Crippen molar-refractivity contribution in [1.82, 2.24) is 9.97 Å². The molecule has 1 aromatic rings. The van der Waals surface area contributed by atoms with Crippen LogP contribution in [0, 0.1) is 0 Å². The normalized spacial score (nSPS) is 12.3. The van der Waals surface area contributed by atoms with Gasteiger partial charge in [0.2, 0.25) is 0 Å². The third kappa shape index (κ3) is 4.00. The Morgan fingerprint density at radius 3 is 2.58 bits per heavy atom. The van der Waals surface area contributed by atoms with Crippen molar-refractivity contribution < 1.29 is 0 Å². The van der Waals surface area contributed by atoms with E-state index in [-0.39, 0.29) is 0 Å². The van der Waals surface area contributed by atoms with Crippen LogP contribution in [0.25, 0.3) is 0 Å². The van der Waals surface area contributed by atoms with E-state index in [4.69, 9.17) is 0 Å². The molecule has 1 atom stereocenters. The maximum atomic E-state index is 4.51. The average Bonchev–Trinajstić information content (AvgIpc) is 2.44. The summed E-state index contributed by atoms with van der Waals surface area (Å²) in [6.07, 6.45) is 5.88. The van der Waals surface area contributed by atoms with Crippen molar-refractivity contribution >= 4 is 23.4 Å². The van der Waals surface area contributed by atoms with Gasteiger partial charge >= 0.3 is 0 Å². The van der Waals surface area contributed by atoms with Crippen LogP contribution in [-0.2, 0) is 6.42 Å². The van der Waals surface area contributed by atoms with E-state index in [1.807, 2.05) is 11.8 Å². The number of thioether (sulfide) groups is 1. The lowest BCUT2D eigenvalue weighted by Gasteiger charge is -2.29. The molecule has 1 unspecified atom stereocenters. The number of aromatic nitrogens is 2. The summed E-state index contributed by atoms with van der Waals surface area (Å²) in [6, 6.07) is 0.518. The Bertz CT molecular complexity index is 384. The molecule has 0 bridgehead atoms. The van der Waals surface area contributed by atoms with Gasteiger partial charge < -0.3 is 10.2 Å². The zero-order valence-electron chi connectivity index (χ0n) is 12.7. The van der Waals surface area contributed by atoms with Crippen LogP contribution in [0.4, 0.5) is 11.6 Å². The van der Waals surface area contributed by atoms with E-state index in [2.05, 4.69) is 54.3 Å². The third-order valence-electron chi connectivity index (χ3n) is 3.33. The van der Waals surface area contributed by atoms with Gasteiger partial charge in [-0.05, 0) is 26.0 Å². The summed E-state index contributed by atoms with van der Waals surface area (Å²) < 4.78 is 0. The minimum atomic E-state index is 0.518. The fraction of sp³-hybridized carbons (Fsp3) is 0.714. The highest BCUT2D eigenvalue weighted by Gasteiger charge is 2.18. The van der Waals surface area contributed by atoms with Gasteiger partial charge in [0.15, 0.2) is 0 Å². The van der Waals surface area contributed by atoms with Gasteiger partial charge in [0.05, 0.1) is 0 Å². The average molecular weight is 282 g/mol. The van der Waals surface area contributed by atoms with Crippen LogP contribution in [0.5, 0.6) is 0 Å². The molecule has 0 amide bonds. The lowest BCUT2D eigenvalue weighted by Crippen LogP contribution is -2.34. The van der Waals surface area contributed by atoms with Crippen molar-refractivity contribution in [2.75, 3.05) is 35.8 Å². The molecule has 0 aromatic carbocycles. The lowest BCUT2D eigenvalue weighted by molar-refractivity contribution is 0.662. The monoisotopic (exact) mass is 282 g/mol. The highest BCUT2D eigenvalue weighted by molar-refractivity contribution is 7.98. The van der Waals surface area contributed by atoms with E-state index in [1.165, 1.54) is 5.56 Å². The number of hydrogen-bond donors (Lipinski definition) is 1. The number of anilines is 2. The van der Waals surface area contributed by atoms with Crippen molar-refractivity contribution in [2.24, 2.45) is 0 Å². The fourth-order valence-corrected chi connectivity index (χ4v) is 3.07. The molecule has 0 radical (unpaired) electrons. The molecule has 108 valence electrons. The molecule has 1 aromatic heterocycles. The standard InChI is InChI=1S/C14H26N4S/c1-6-11(9-19-5)18(4)14-12(7-2)13(15-8-3)16-10-17-14/h10-11H,6-9H2,1-5H3,(H,15,16,17). The maximum Gasteiger partial charge on any atom is 0.137 e. The van der Waals surface area contributed by atoms with Gasteiger partial charge in [0.1, 0.15) is 18.0 Å². The second-order valence-electron chi connectivity index (χ2n) is 4.54. The number of hydrogen-bond acceptors (Lipinski definition) is 5. The molecular formula is C14H26N4S. The SMILES string of the molecule is CCNc1ncnc(N(C)C(CC)CSC)c1CC. The summed E-state index contributed by atoms with van der Waals surface area (Å²) in [6.45, 7) is 7.37. The Morgan fingerprint density at radius 1 is 1.32 bits per heavy atom. The van der Waals surface area contributed by atoms with E-state index in [1.54, 1.807) is 6.33 Å². The highest BCUT2D eigenvalue weighted by atomic mass is 32.2. The van der Waals surface area contributed by atoms with Crippen LogP contribution in [0.3, 0.4) is 0 Å². The Kier molecular flexibility index (Phi) is 6.99. The molecule has 5 heteroatoms. The van der Waals surface area contributed by atoms with Crippen LogP contribution in [0.15, 0.2) is 6.33 Å². The molecule has 0 saturated carbocycles. The Hall–Kier alpha value is -0.970. The first-order valence-corrected chi connectivity index (χ1v) is 8.38. The van der Waals surface area contributed by atoms with Gasteiger partial charge in [-0.2, -0.15) is 11.8 Å². The largest absolute Gasteiger partial charge is 0.370 e. The van der Waals surface area contributed by atoms with Crippen molar-refractivity contribution in [1.29, 1.82) is 0 Å². The van der Waals surface area contributed by atoms with Gasteiger partial charge in [0.25, 0.3) is 0 Å². The van der Waals surface area contributed by atoms with Crippen LogP contribution in [-0.4, -0.2) is 41.6 Å². The smallest absolute Gasteiger partial charge is 0.137 e. The van der Waals surface area contributed by atoms with Gasteiger partial charge in [-0.1, -0.05) is 13.8 Å². The molecule has 1 rings (SSSR count). The molecule has 0 aliphatic rings. The third-order valence-corrected chi connectivity index (χ3v) is 4.05. The summed E-state index contributed by atoms with van der Waals surface area (Å²) >= 11 is 1.88. The summed E-state index contributed by atoms with van der Waals surface area (Å²) in [5.74, 6) is 3.16. The van der Waals surface area contributed by atoms with Gasteiger partial charge in [-0.15, -0.1) is 0 Å². The number of nitrogens with zero attached hydrogens (tertiary/aromatic N) is 3. The van der Waals surface area contributed by atoms with Gasteiger partial charge in [0, 0.05) is 31.0 Å². The van der Waals surface area contributed by atoms with Crippen molar-refractivity contribution in [2.45, 2.75) is 39.7 Å². The highest BCUT2D eigenvalue weighted by Crippen LogP contribution is 2.25. The second-order valence-corrected chi connectivity index (χ2v) is 5.45. The molecule has 0 spiro atoms. The molecule has 4 nitrogen and oxygen atoms in total. The molecule has 19 heavy (non-hydrogen) atoms. The summed E-state index contributed by atoms with van der Waals surface area (Å²) in [5, 5.41) is 3.33. The molecular weight excluding hydrogens is 256 g/mol. The predicted octanol–water partition coefficient (Wildman–Crippen LogP) is 3.05. The van der Waals surface area contributed by atoms with Crippen LogP contribution in [0.1, 0.15) is 32.8 Å². The van der Waals surface area contributed by atoms with Gasteiger partial charge in [-0.3, -0.25) is 0 Å². The first-order valence-electron chi connectivity index (χ1n) is 6.98. The summed E-state index contributed by atoms with van der Waals surface area (Å²) in [7, 11) is 2.14. The molecule has 0 saturated heterocycles. The van der Waals surface area contributed by atoms with Gasteiger partial charge in [-0.25, -0.2) is 9.97 Å².